The van der Waals surface area contributed by atoms with E-state index in [-0.39, 0.29) is 5.91 Å². The minimum Gasteiger partial charge on any atom is -0.334 e. The van der Waals surface area contributed by atoms with Crippen LogP contribution in [0.25, 0.3) is 15.9 Å². The van der Waals surface area contributed by atoms with Gasteiger partial charge in [0, 0.05) is 5.39 Å². The monoisotopic (exact) mass is 355 g/mol. The zero-order valence-electron chi connectivity index (χ0n) is 14.9. The van der Waals surface area contributed by atoms with E-state index in [0.717, 1.165) is 52.7 Å². The highest BCUT2D eigenvalue weighted by Gasteiger charge is 2.25. The fourth-order valence-electron chi connectivity index (χ4n) is 3.36. The molecule has 3 heterocycles. The van der Waals surface area contributed by atoms with E-state index in [1.165, 1.54) is 10.5 Å². The Balaban J connectivity index is 1.73. The first kappa shape index (κ1) is 16.3. The van der Waals surface area contributed by atoms with Crippen molar-refractivity contribution in [3.05, 3.63) is 46.5 Å². The van der Waals surface area contributed by atoms with E-state index in [0.29, 0.717) is 0 Å². The summed E-state index contributed by atoms with van der Waals surface area (Å²) in [6.07, 6.45) is 0. The number of hydrogen-bond acceptors (Lipinski definition) is 3. The highest BCUT2D eigenvalue weighted by molar-refractivity contribution is 7.20. The number of benzene rings is 1. The van der Waals surface area contributed by atoms with Gasteiger partial charge in [-0.1, -0.05) is 18.2 Å². The van der Waals surface area contributed by atoms with Crippen LogP contribution in [0.4, 0.5) is 0 Å². The van der Waals surface area contributed by atoms with Crippen LogP contribution in [0.3, 0.4) is 0 Å². The quantitative estimate of drug-likeness (QED) is 0.760. The second kappa shape index (κ2) is 6.28. The lowest BCUT2D eigenvalue weighted by atomic mass is 10.2. The number of nitrogens with one attached hydrogen (secondary N) is 1. The van der Waals surface area contributed by atoms with Crippen LogP contribution in [-0.2, 0) is 0 Å². The molecule has 6 heteroatoms. The van der Waals surface area contributed by atoms with Gasteiger partial charge >= 0.3 is 0 Å². The SMILES string of the molecule is Cc1ccccc1-n1nc(C)c2cc(C(=O)N3CC[NH+](C)CC3)sc21. The molecule has 2 aromatic heterocycles. The number of carbonyl (C=O) groups is 1. The zero-order chi connectivity index (χ0) is 17.6. The molecule has 1 fully saturated rings. The molecule has 0 atom stereocenters. The van der Waals surface area contributed by atoms with E-state index < -0.39 is 0 Å². The van der Waals surface area contributed by atoms with Crippen LogP contribution in [0.1, 0.15) is 20.9 Å². The predicted octanol–water partition coefficient (Wildman–Crippen LogP) is 1.67. The largest absolute Gasteiger partial charge is 0.334 e. The molecule has 1 saturated heterocycles. The van der Waals surface area contributed by atoms with Crippen molar-refractivity contribution in [1.82, 2.24) is 14.7 Å². The number of nitrogens with zero attached hydrogens (tertiary/aromatic N) is 3. The van der Waals surface area contributed by atoms with Gasteiger partial charge in [0.15, 0.2) is 0 Å². The van der Waals surface area contributed by atoms with Gasteiger partial charge in [-0.2, -0.15) is 5.10 Å². The Kier molecular flexibility index (Phi) is 4.09. The Labute approximate surface area is 151 Å². The number of rotatable bonds is 2. The van der Waals surface area contributed by atoms with Gasteiger partial charge in [0.1, 0.15) is 4.83 Å². The number of thiophene rings is 1. The molecule has 5 nitrogen and oxygen atoms in total. The summed E-state index contributed by atoms with van der Waals surface area (Å²) in [5, 5.41) is 5.78. The number of piperazine rings is 1. The number of aromatic nitrogens is 2. The van der Waals surface area contributed by atoms with E-state index in [2.05, 4.69) is 26.1 Å². The smallest absolute Gasteiger partial charge is 0.264 e. The molecule has 1 aliphatic heterocycles. The summed E-state index contributed by atoms with van der Waals surface area (Å²) in [6, 6.07) is 10.2. The molecule has 0 bridgehead atoms. The first-order valence-electron chi connectivity index (χ1n) is 8.70. The van der Waals surface area contributed by atoms with Crippen molar-refractivity contribution < 1.29 is 9.69 Å². The van der Waals surface area contributed by atoms with Crippen molar-refractivity contribution in [1.29, 1.82) is 0 Å². The van der Waals surface area contributed by atoms with Crippen LogP contribution in [0.2, 0.25) is 0 Å². The van der Waals surface area contributed by atoms with Gasteiger partial charge < -0.3 is 9.80 Å². The van der Waals surface area contributed by atoms with Gasteiger partial charge in [-0.3, -0.25) is 4.79 Å². The maximum Gasteiger partial charge on any atom is 0.264 e. The summed E-state index contributed by atoms with van der Waals surface area (Å²) >= 11 is 1.55. The molecular formula is C19H23N4OS+. The number of amides is 1. The number of carbonyl (C=O) groups excluding carboxylic acids is 1. The van der Waals surface area contributed by atoms with Crippen molar-refractivity contribution in [2.75, 3.05) is 33.2 Å². The molecule has 4 rings (SSSR count). The third-order valence-electron chi connectivity index (χ3n) is 5.00. The lowest BCUT2D eigenvalue weighted by molar-refractivity contribution is -0.883. The number of quaternary nitrogens is 1. The maximum absolute atomic E-state index is 12.9. The second-order valence-corrected chi connectivity index (χ2v) is 7.89. The van der Waals surface area contributed by atoms with Crippen molar-refractivity contribution in [3.8, 4) is 5.69 Å². The predicted molar refractivity (Wildman–Crippen MR) is 101 cm³/mol. The molecule has 0 radical (unpaired) electrons. The van der Waals surface area contributed by atoms with E-state index in [1.54, 1.807) is 11.3 Å². The number of aryl methyl sites for hydroxylation is 2. The van der Waals surface area contributed by atoms with Gasteiger partial charge in [-0.25, -0.2) is 4.68 Å². The van der Waals surface area contributed by atoms with Gasteiger partial charge in [0.25, 0.3) is 5.91 Å². The van der Waals surface area contributed by atoms with Crippen LogP contribution in [-0.4, -0.2) is 53.8 Å². The van der Waals surface area contributed by atoms with Gasteiger partial charge in [-0.05, 0) is 31.5 Å². The number of fused-ring (bicyclic) bond motifs is 1. The van der Waals surface area contributed by atoms with Gasteiger partial charge in [0.2, 0.25) is 0 Å². The summed E-state index contributed by atoms with van der Waals surface area (Å²) in [5.74, 6) is 0.157. The van der Waals surface area contributed by atoms with Gasteiger partial charge in [-0.15, -0.1) is 11.3 Å². The Morgan fingerprint density at radius 2 is 1.92 bits per heavy atom. The molecule has 1 aromatic carbocycles. The topological polar surface area (TPSA) is 42.6 Å². The van der Waals surface area contributed by atoms with Crippen LogP contribution >= 0.6 is 11.3 Å². The summed E-state index contributed by atoms with van der Waals surface area (Å²) in [4.78, 5) is 18.2. The van der Waals surface area contributed by atoms with Crippen molar-refractivity contribution in [2.45, 2.75) is 13.8 Å². The lowest BCUT2D eigenvalue weighted by Crippen LogP contribution is -3.12. The van der Waals surface area contributed by atoms with E-state index in [9.17, 15) is 4.79 Å². The molecule has 1 N–H and O–H groups in total. The normalized spacial score (nSPS) is 15.9. The molecule has 1 amide bonds. The molecule has 1 aliphatic rings. The third-order valence-corrected chi connectivity index (χ3v) is 6.10. The molecule has 130 valence electrons. The Morgan fingerprint density at radius 3 is 2.64 bits per heavy atom. The number of para-hydroxylation sites is 1. The summed E-state index contributed by atoms with van der Waals surface area (Å²) < 4.78 is 1.98. The Hall–Kier alpha value is -2.18. The second-order valence-electron chi connectivity index (χ2n) is 6.86. The number of hydrogen-bond donors (Lipinski definition) is 1. The lowest BCUT2D eigenvalue weighted by Gasteiger charge is -2.29. The van der Waals surface area contributed by atoms with Crippen molar-refractivity contribution in [2.24, 2.45) is 0 Å². The van der Waals surface area contributed by atoms with E-state index in [4.69, 9.17) is 5.10 Å². The van der Waals surface area contributed by atoms with Crippen LogP contribution < -0.4 is 4.90 Å². The molecule has 3 aromatic rings. The molecule has 0 spiro atoms. The molecular weight excluding hydrogens is 332 g/mol. The average Bonchev–Trinajstić information content (AvgIpc) is 3.16. The highest BCUT2D eigenvalue weighted by atomic mass is 32.1. The standard InChI is InChI=1S/C19H22N4OS/c1-13-6-4-5-7-16(13)23-19-15(14(2)20-23)12-17(25-19)18(24)22-10-8-21(3)9-11-22/h4-7,12H,8-11H2,1-3H3/p+1. The summed E-state index contributed by atoms with van der Waals surface area (Å²) in [7, 11) is 2.18. The fraction of sp³-hybridized carbons (Fsp3) is 0.368. The number of likely N-dealkylation sites (N-methyl/N-ethyl adjacent to an activating group) is 1. The molecule has 0 aliphatic carbocycles. The Bertz CT molecular complexity index is 934. The molecule has 25 heavy (non-hydrogen) atoms. The molecule has 0 saturated carbocycles. The minimum atomic E-state index is 0.157. The first-order chi connectivity index (χ1) is 12.0. The van der Waals surface area contributed by atoms with Crippen LogP contribution in [0.5, 0.6) is 0 Å². The zero-order valence-corrected chi connectivity index (χ0v) is 15.7. The Morgan fingerprint density at radius 1 is 1.20 bits per heavy atom. The fourth-order valence-corrected chi connectivity index (χ4v) is 4.51. The minimum absolute atomic E-state index is 0.157. The first-order valence-corrected chi connectivity index (χ1v) is 9.52. The maximum atomic E-state index is 12.9. The summed E-state index contributed by atoms with van der Waals surface area (Å²) in [6.45, 7) is 7.81. The van der Waals surface area contributed by atoms with E-state index in [1.807, 2.05) is 34.7 Å². The van der Waals surface area contributed by atoms with Crippen molar-refractivity contribution >= 4 is 27.5 Å². The van der Waals surface area contributed by atoms with Crippen LogP contribution in [0, 0.1) is 13.8 Å². The van der Waals surface area contributed by atoms with Crippen molar-refractivity contribution in [3.63, 3.8) is 0 Å². The highest BCUT2D eigenvalue weighted by Crippen LogP contribution is 2.31. The third kappa shape index (κ3) is 2.85. The van der Waals surface area contributed by atoms with Crippen LogP contribution in [0.15, 0.2) is 30.3 Å². The summed E-state index contributed by atoms with van der Waals surface area (Å²) in [5.41, 5.74) is 3.22. The van der Waals surface area contributed by atoms with Gasteiger partial charge in [0.05, 0.1) is 49.5 Å². The van der Waals surface area contributed by atoms with E-state index >= 15 is 0 Å². The average molecular weight is 355 g/mol. The molecule has 0 unspecified atom stereocenters.